The molecule has 0 unspecified atom stereocenters. The van der Waals surface area contributed by atoms with Crippen molar-refractivity contribution in [2.24, 2.45) is 0 Å². The number of amides is 1. The lowest BCUT2D eigenvalue weighted by Gasteiger charge is -2.43. The largest absolute Gasteiger partial charge is 0.335 e. The van der Waals surface area contributed by atoms with Gasteiger partial charge < -0.3 is 4.90 Å². The number of hydrogen-bond acceptors (Lipinski definition) is 1. The minimum Gasteiger partial charge on any atom is -0.335 e. The molecule has 0 radical (unpaired) electrons. The van der Waals surface area contributed by atoms with Crippen LogP contribution >= 0.6 is 0 Å². The van der Waals surface area contributed by atoms with Crippen molar-refractivity contribution in [3.05, 3.63) is 71.3 Å². The highest BCUT2D eigenvalue weighted by atomic mass is 16.1. The van der Waals surface area contributed by atoms with Gasteiger partial charge in [0.05, 0.1) is 6.04 Å². The maximum atomic E-state index is 11.5. The second-order valence-corrected chi connectivity index (χ2v) is 5.49. The van der Waals surface area contributed by atoms with Gasteiger partial charge in [-0.3, -0.25) is 4.79 Å². The summed E-state index contributed by atoms with van der Waals surface area (Å²) in [7, 11) is 0. The fourth-order valence-corrected chi connectivity index (χ4v) is 3.43. The first-order valence-corrected chi connectivity index (χ1v) is 7.10. The Morgan fingerprint density at radius 2 is 1.50 bits per heavy atom. The Kier molecular flexibility index (Phi) is 3.31. The van der Waals surface area contributed by atoms with Gasteiger partial charge in [0.25, 0.3) is 0 Å². The van der Waals surface area contributed by atoms with E-state index in [0.717, 1.165) is 6.41 Å². The molecule has 3 rings (SSSR count). The lowest BCUT2D eigenvalue weighted by molar-refractivity contribution is -0.123. The Balaban J connectivity index is 2.17. The van der Waals surface area contributed by atoms with Crippen molar-refractivity contribution >= 4 is 6.41 Å². The number of fused-ring (bicyclic) bond motifs is 1. The molecule has 2 aromatic rings. The average Bonchev–Trinajstić information content (AvgIpc) is 2.49. The molecule has 0 aliphatic carbocycles. The summed E-state index contributed by atoms with van der Waals surface area (Å²) in [4.78, 5) is 13.4. The van der Waals surface area contributed by atoms with Crippen LogP contribution in [0.3, 0.4) is 0 Å². The Bertz CT molecular complexity index is 608. The van der Waals surface area contributed by atoms with Crippen molar-refractivity contribution in [3.63, 3.8) is 0 Å². The van der Waals surface area contributed by atoms with E-state index in [2.05, 4.69) is 62.4 Å². The zero-order valence-corrected chi connectivity index (χ0v) is 11.9. The molecule has 3 atom stereocenters. The third kappa shape index (κ3) is 1.92. The van der Waals surface area contributed by atoms with Gasteiger partial charge in [0.1, 0.15) is 0 Å². The lowest BCUT2D eigenvalue weighted by Crippen LogP contribution is -2.43. The van der Waals surface area contributed by atoms with Crippen molar-refractivity contribution < 1.29 is 4.79 Å². The summed E-state index contributed by atoms with van der Waals surface area (Å²) >= 11 is 0. The summed E-state index contributed by atoms with van der Waals surface area (Å²) in [6.07, 6.45) is 0.987. The van der Waals surface area contributed by atoms with E-state index in [1.54, 1.807) is 0 Å². The third-order valence-corrected chi connectivity index (χ3v) is 4.46. The minimum atomic E-state index is 0.138. The van der Waals surface area contributed by atoms with E-state index in [1.165, 1.54) is 16.7 Å². The third-order valence-electron chi connectivity index (χ3n) is 4.46. The quantitative estimate of drug-likeness (QED) is 0.757. The van der Waals surface area contributed by atoms with E-state index < -0.39 is 0 Å². The van der Waals surface area contributed by atoms with Crippen molar-refractivity contribution in [2.75, 3.05) is 0 Å². The van der Waals surface area contributed by atoms with Gasteiger partial charge >= 0.3 is 0 Å². The first-order chi connectivity index (χ1) is 9.74. The second kappa shape index (κ2) is 5.12. The van der Waals surface area contributed by atoms with Crippen LogP contribution in [0.25, 0.3) is 0 Å². The van der Waals surface area contributed by atoms with Gasteiger partial charge in [0.2, 0.25) is 6.41 Å². The van der Waals surface area contributed by atoms with Crippen LogP contribution in [0.2, 0.25) is 0 Å². The number of benzene rings is 2. The monoisotopic (exact) mass is 265 g/mol. The summed E-state index contributed by atoms with van der Waals surface area (Å²) in [5.41, 5.74) is 3.87. The van der Waals surface area contributed by atoms with Crippen LogP contribution in [-0.2, 0) is 4.79 Å². The van der Waals surface area contributed by atoms with Gasteiger partial charge in [0, 0.05) is 12.0 Å². The fraction of sp³-hybridized carbons (Fsp3) is 0.278. The molecule has 0 saturated heterocycles. The highest BCUT2D eigenvalue weighted by molar-refractivity contribution is 5.54. The molecule has 0 aromatic heterocycles. The molecular weight excluding hydrogens is 246 g/mol. The molecule has 1 amide bonds. The minimum absolute atomic E-state index is 0.138. The first-order valence-electron chi connectivity index (χ1n) is 7.10. The van der Waals surface area contributed by atoms with Crippen LogP contribution in [0.1, 0.15) is 42.5 Å². The molecule has 102 valence electrons. The zero-order chi connectivity index (χ0) is 14.1. The van der Waals surface area contributed by atoms with Crippen LogP contribution in [0, 0.1) is 0 Å². The van der Waals surface area contributed by atoms with Gasteiger partial charge in [-0.2, -0.15) is 0 Å². The van der Waals surface area contributed by atoms with E-state index in [9.17, 15) is 4.79 Å². The Labute approximate surface area is 120 Å². The van der Waals surface area contributed by atoms with Crippen LogP contribution < -0.4 is 0 Å². The van der Waals surface area contributed by atoms with E-state index in [0.29, 0.717) is 0 Å². The number of nitrogens with zero attached hydrogens (tertiary/aromatic N) is 1. The first kappa shape index (κ1) is 12.9. The molecule has 1 aliphatic heterocycles. The highest BCUT2D eigenvalue weighted by Gasteiger charge is 2.36. The number of rotatable bonds is 2. The van der Waals surface area contributed by atoms with Gasteiger partial charge in [0.15, 0.2) is 0 Å². The molecule has 2 aromatic carbocycles. The zero-order valence-electron chi connectivity index (χ0n) is 11.9. The maximum Gasteiger partial charge on any atom is 0.210 e. The molecule has 0 fully saturated rings. The predicted molar refractivity (Wildman–Crippen MR) is 80.5 cm³/mol. The van der Waals surface area contributed by atoms with Gasteiger partial charge in [-0.15, -0.1) is 0 Å². The molecule has 2 nitrogen and oxygen atoms in total. The SMILES string of the molecule is C[C@@H]1c2ccccc2[C@@H](c2ccccc2)[C@H](C)N1C=O. The van der Waals surface area contributed by atoms with Crippen LogP contribution in [0.5, 0.6) is 0 Å². The highest BCUT2D eigenvalue weighted by Crippen LogP contribution is 2.42. The topological polar surface area (TPSA) is 20.3 Å². The van der Waals surface area contributed by atoms with Gasteiger partial charge in [-0.1, -0.05) is 54.6 Å². The molecule has 2 heteroatoms. The van der Waals surface area contributed by atoms with Crippen LogP contribution in [0.4, 0.5) is 0 Å². The standard InChI is InChI=1S/C18H19NO/c1-13-16-10-6-7-11-17(16)18(14(2)19(13)12-20)15-8-4-3-5-9-15/h3-14,18H,1-2H3/t13-,14+,18-/m1/s1. The van der Waals surface area contributed by atoms with E-state index in [-0.39, 0.29) is 18.0 Å². The summed E-state index contributed by atoms with van der Waals surface area (Å²) in [6, 6.07) is 19.2. The summed E-state index contributed by atoms with van der Waals surface area (Å²) in [6.45, 7) is 4.24. The average molecular weight is 265 g/mol. The predicted octanol–water partition coefficient (Wildman–Crippen LogP) is 3.74. The molecule has 0 spiro atoms. The summed E-state index contributed by atoms with van der Waals surface area (Å²) < 4.78 is 0. The van der Waals surface area contributed by atoms with E-state index >= 15 is 0 Å². The van der Waals surface area contributed by atoms with Crippen molar-refractivity contribution in [2.45, 2.75) is 31.8 Å². The van der Waals surface area contributed by atoms with Crippen LogP contribution in [0.15, 0.2) is 54.6 Å². The Hall–Kier alpha value is -2.09. The van der Waals surface area contributed by atoms with Gasteiger partial charge in [-0.25, -0.2) is 0 Å². The fourth-order valence-electron chi connectivity index (χ4n) is 3.43. The maximum absolute atomic E-state index is 11.5. The van der Waals surface area contributed by atoms with Crippen molar-refractivity contribution in [3.8, 4) is 0 Å². The van der Waals surface area contributed by atoms with Crippen molar-refractivity contribution in [1.82, 2.24) is 4.90 Å². The molecule has 0 saturated carbocycles. The number of carbonyl (C=O) groups is 1. The smallest absolute Gasteiger partial charge is 0.210 e. The molecule has 1 aliphatic rings. The number of carbonyl (C=O) groups excluding carboxylic acids is 1. The number of hydrogen-bond donors (Lipinski definition) is 0. The van der Waals surface area contributed by atoms with Gasteiger partial charge in [-0.05, 0) is 30.5 Å². The second-order valence-electron chi connectivity index (χ2n) is 5.49. The van der Waals surface area contributed by atoms with E-state index in [4.69, 9.17) is 0 Å². The molecular formula is C18H19NO. The van der Waals surface area contributed by atoms with Crippen LogP contribution in [-0.4, -0.2) is 17.4 Å². The molecule has 0 N–H and O–H groups in total. The summed E-state index contributed by atoms with van der Waals surface area (Å²) in [5, 5.41) is 0. The normalized spacial score (nSPS) is 25.1. The summed E-state index contributed by atoms with van der Waals surface area (Å²) in [5.74, 6) is 0.244. The lowest BCUT2D eigenvalue weighted by atomic mass is 9.77. The molecule has 0 bridgehead atoms. The van der Waals surface area contributed by atoms with E-state index in [1.807, 2.05) is 11.0 Å². The van der Waals surface area contributed by atoms with Crippen molar-refractivity contribution in [1.29, 1.82) is 0 Å². The Morgan fingerprint density at radius 3 is 2.15 bits per heavy atom. The molecule has 20 heavy (non-hydrogen) atoms. The Morgan fingerprint density at radius 1 is 0.900 bits per heavy atom. The molecule has 1 heterocycles.